The summed E-state index contributed by atoms with van der Waals surface area (Å²) < 4.78 is 25.8. The van der Waals surface area contributed by atoms with Gasteiger partial charge in [0.25, 0.3) is 0 Å². The molecule has 4 aromatic rings. The van der Waals surface area contributed by atoms with Crippen molar-refractivity contribution in [2.24, 2.45) is 0 Å². The third-order valence-electron chi connectivity index (χ3n) is 4.95. The van der Waals surface area contributed by atoms with Crippen LogP contribution in [0.3, 0.4) is 0 Å². The first-order valence-corrected chi connectivity index (χ1v) is 8.69. The van der Waals surface area contributed by atoms with Gasteiger partial charge in [0.15, 0.2) is 5.82 Å². The van der Waals surface area contributed by atoms with Crippen LogP contribution in [0, 0.1) is 5.82 Å². The van der Waals surface area contributed by atoms with Crippen molar-refractivity contribution < 1.29 is 13.9 Å². The number of aromatic amines is 2. The molecule has 3 heterocycles. The summed E-state index contributed by atoms with van der Waals surface area (Å²) in [7, 11) is 1.64. The highest BCUT2D eigenvalue weighted by Gasteiger charge is 2.25. The smallest absolute Gasteiger partial charge is 0.151 e. The van der Waals surface area contributed by atoms with Gasteiger partial charge in [0, 0.05) is 11.8 Å². The summed E-state index contributed by atoms with van der Waals surface area (Å²) in [6.07, 6.45) is 4.15. The average molecular weight is 364 g/mol. The second kappa shape index (κ2) is 6.12. The van der Waals surface area contributed by atoms with Crippen LogP contribution in [0.1, 0.15) is 17.3 Å². The fraction of sp³-hybridized carbons (Fsp3) is 0.200. The quantitative estimate of drug-likeness (QED) is 0.579. The van der Waals surface area contributed by atoms with Crippen LogP contribution in [0.15, 0.2) is 42.7 Å². The van der Waals surface area contributed by atoms with Crippen molar-refractivity contribution in [3.63, 3.8) is 0 Å². The van der Waals surface area contributed by atoms with Gasteiger partial charge < -0.3 is 14.5 Å². The Morgan fingerprint density at radius 3 is 2.96 bits per heavy atom. The molecule has 0 aliphatic carbocycles. The molecule has 0 spiro atoms. The molecule has 0 saturated heterocycles. The minimum atomic E-state index is -0.356. The van der Waals surface area contributed by atoms with Gasteiger partial charge in [0.2, 0.25) is 0 Å². The van der Waals surface area contributed by atoms with E-state index in [1.807, 2.05) is 24.3 Å². The van der Waals surface area contributed by atoms with E-state index in [0.717, 1.165) is 40.4 Å². The maximum Gasteiger partial charge on any atom is 0.151 e. The Morgan fingerprint density at radius 1 is 1.22 bits per heavy atom. The Bertz CT molecular complexity index is 1120. The number of methoxy groups -OCH3 is 1. The number of ether oxygens (including phenoxy) is 2. The lowest BCUT2D eigenvalue weighted by molar-refractivity contribution is 0.257. The van der Waals surface area contributed by atoms with Crippen LogP contribution in [0.4, 0.5) is 4.39 Å². The van der Waals surface area contributed by atoms with Crippen molar-refractivity contribution in [3.8, 4) is 22.6 Å². The number of fused-ring (bicyclic) bond motifs is 2. The van der Waals surface area contributed by atoms with Gasteiger partial charge in [-0.2, -0.15) is 5.10 Å². The molecular formula is C20H17FN4O2. The fourth-order valence-corrected chi connectivity index (χ4v) is 3.54. The van der Waals surface area contributed by atoms with Crippen molar-refractivity contribution in [2.45, 2.75) is 12.3 Å². The summed E-state index contributed by atoms with van der Waals surface area (Å²) in [5, 5.41) is 6.67. The van der Waals surface area contributed by atoms with E-state index in [0.29, 0.717) is 17.6 Å². The second-order valence-electron chi connectivity index (χ2n) is 6.65. The van der Waals surface area contributed by atoms with E-state index < -0.39 is 0 Å². The zero-order valence-electron chi connectivity index (χ0n) is 14.6. The lowest BCUT2D eigenvalue weighted by Crippen LogP contribution is -2.20. The Labute approximate surface area is 154 Å². The first kappa shape index (κ1) is 15.9. The van der Waals surface area contributed by atoms with E-state index in [4.69, 9.17) is 9.47 Å². The van der Waals surface area contributed by atoms with Gasteiger partial charge in [-0.25, -0.2) is 9.37 Å². The number of benzene rings is 2. The summed E-state index contributed by atoms with van der Waals surface area (Å²) in [5.41, 5.74) is 3.64. The number of hydrogen-bond acceptors (Lipinski definition) is 4. The molecule has 7 heteroatoms. The molecule has 0 bridgehead atoms. The summed E-state index contributed by atoms with van der Waals surface area (Å²) >= 11 is 0. The van der Waals surface area contributed by atoms with Crippen molar-refractivity contribution in [1.29, 1.82) is 0 Å². The van der Waals surface area contributed by atoms with Crippen LogP contribution >= 0.6 is 0 Å². The molecule has 2 N–H and O–H groups in total. The molecule has 6 nitrogen and oxygen atoms in total. The predicted molar refractivity (Wildman–Crippen MR) is 98.6 cm³/mol. The van der Waals surface area contributed by atoms with Crippen molar-refractivity contribution >= 4 is 11.0 Å². The highest BCUT2D eigenvalue weighted by molar-refractivity contribution is 5.82. The van der Waals surface area contributed by atoms with E-state index in [2.05, 4.69) is 20.2 Å². The van der Waals surface area contributed by atoms with Crippen molar-refractivity contribution in [1.82, 2.24) is 20.2 Å². The SMILES string of the molecule is COc1ccc2c(c1)C[C@H](c1nc3c(F)cc(-c4cn[nH]c4)cc3[nH]1)CO2. The van der Waals surface area contributed by atoms with Gasteiger partial charge in [-0.05, 0) is 47.9 Å². The summed E-state index contributed by atoms with van der Waals surface area (Å²) in [6.45, 7) is 0.495. The van der Waals surface area contributed by atoms with Gasteiger partial charge in [-0.15, -0.1) is 0 Å². The van der Waals surface area contributed by atoms with E-state index in [1.165, 1.54) is 6.07 Å². The maximum absolute atomic E-state index is 14.6. The monoisotopic (exact) mass is 364 g/mol. The van der Waals surface area contributed by atoms with Gasteiger partial charge in [-0.3, -0.25) is 5.10 Å². The summed E-state index contributed by atoms with van der Waals surface area (Å²) in [6, 6.07) is 9.14. The first-order chi connectivity index (χ1) is 13.2. The Balaban J connectivity index is 1.51. The number of nitrogens with zero attached hydrogens (tertiary/aromatic N) is 2. The molecule has 0 saturated carbocycles. The van der Waals surface area contributed by atoms with Crippen molar-refractivity contribution in [2.75, 3.05) is 13.7 Å². The van der Waals surface area contributed by atoms with Crippen LogP contribution in [-0.4, -0.2) is 33.9 Å². The maximum atomic E-state index is 14.6. The summed E-state index contributed by atoms with van der Waals surface area (Å²) in [4.78, 5) is 7.78. The Hall–Kier alpha value is -3.35. The van der Waals surface area contributed by atoms with E-state index in [1.54, 1.807) is 19.5 Å². The van der Waals surface area contributed by atoms with E-state index in [-0.39, 0.29) is 11.7 Å². The van der Waals surface area contributed by atoms with Crippen LogP contribution in [0.25, 0.3) is 22.2 Å². The molecule has 5 rings (SSSR count). The van der Waals surface area contributed by atoms with Gasteiger partial charge in [0.1, 0.15) is 22.8 Å². The zero-order valence-corrected chi connectivity index (χ0v) is 14.6. The fourth-order valence-electron chi connectivity index (χ4n) is 3.54. The molecule has 0 radical (unpaired) electrons. The van der Waals surface area contributed by atoms with Crippen LogP contribution < -0.4 is 9.47 Å². The largest absolute Gasteiger partial charge is 0.497 e. The Morgan fingerprint density at radius 2 is 2.15 bits per heavy atom. The molecule has 27 heavy (non-hydrogen) atoms. The van der Waals surface area contributed by atoms with Crippen molar-refractivity contribution in [3.05, 3.63) is 59.9 Å². The number of rotatable bonds is 3. The number of imidazole rings is 1. The molecule has 136 valence electrons. The van der Waals surface area contributed by atoms with Gasteiger partial charge in [0.05, 0.1) is 31.3 Å². The van der Waals surface area contributed by atoms with Crippen LogP contribution in [0.2, 0.25) is 0 Å². The van der Waals surface area contributed by atoms with E-state index in [9.17, 15) is 4.39 Å². The lowest BCUT2D eigenvalue weighted by Gasteiger charge is -2.24. The van der Waals surface area contributed by atoms with Gasteiger partial charge in [-0.1, -0.05) is 0 Å². The first-order valence-electron chi connectivity index (χ1n) is 8.69. The number of nitrogens with one attached hydrogen (secondary N) is 2. The number of aromatic nitrogens is 4. The second-order valence-corrected chi connectivity index (χ2v) is 6.65. The molecule has 0 amide bonds. The third-order valence-corrected chi connectivity index (χ3v) is 4.95. The Kier molecular flexibility index (Phi) is 3.60. The minimum Gasteiger partial charge on any atom is -0.497 e. The lowest BCUT2D eigenvalue weighted by atomic mass is 9.96. The normalized spacial score (nSPS) is 16.1. The van der Waals surface area contributed by atoms with Crippen LogP contribution in [0.5, 0.6) is 11.5 Å². The molecule has 2 aromatic heterocycles. The highest BCUT2D eigenvalue weighted by Crippen LogP contribution is 2.35. The zero-order chi connectivity index (χ0) is 18.4. The van der Waals surface area contributed by atoms with E-state index >= 15 is 0 Å². The number of H-pyrrole nitrogens is 2. The molecule has 1 aliphatic rings. The molecular weight excluding hydrogens is 347 g/mol. The summed E-state index contributed by atoms with van der Waals surface area (Å²) in [5.74, 6) is 2.04. The molecule has 2 aromatic carbocycles. The third kappa shape index (κ3) is 2.71. The topological polar surface area (TPSA) is 75.8 Å². The highest BCUT2D eigenvalue weighted by atomic mass is 19.1. The molecule has 1 atom stereocenters. The molecule has 1 aliphatic heterocycles. The molecule has 0 fully saturated rings. The average Bonchev–Trinajstić information content (AvgIpc) is 3.37. The predicted octanol–water partition coefficient (Wildman–Crippen LogP) is 3.82. The van der Waals surface area contributed by atoms with Gasteiger partial charge >= 0.3 is 0 Å². The number of halogens is 1. The van der Waals surface area contributed by atoms with Crippen LogP contribution in [-0.2, 0) is 6.42 Å². The number of hydrogen-bond donors (Lipinski definition) is 2. The molecule has 0 unspecified atom stereocenters. The standard InChI is InChI=1S/C20H17FN4O2/c1-26-15-2-3-18-12(5-15)4-13(10-27-18)20-24-17-7-11(14-8-22-23-9-14)6-16(21)19(17)25-20/h2-3,5-9,13H,4,10H2,1H3,(H,22,23)(H,24,25)/t13-/m0/s1. The minimum absolute atomic E-state index is 0.0220.